The van der Waals surface area contributed by atoms with Crippen LogP contribution in [0.2, 0.25) is 0 Å². The number of nitrogens with zero attached hydrogens (tertiary/aromatic N) is 2. The number of urea groups is 1. The van der Waals surface area contributed by atoms with Gasteiger partial charge in [-0.25, -0.2) is 4.79 Å². The molecule has 0 aromatic heterocycles. The van der Waals surface area contributed by atoms with Crippen molar-refractivity contribution in [2.75, 3.05) is 38.6 Å². The van der Waals surface area contributed by atoms with Crippen molar-refractivity contribution in [2.45, 2.75) is 44.8 Å². The van der Waals surface area contributed by atoms with E-state index in [1.165, 1.54) is 18.4 Å². The fourth-order valence-electron chi connectivity index (χ4n) is 4.41. The van der Waals surface area contributed by atoms with Crippen molar-refractivity contribution >= 4 is 11.7 Å². The Kier molecular flexibility index (Phi) is 7.30. The van der Waals surface area contributed by atoms with Crippen LogP contribution in [0.4, 0.5) is 10.5 Å². The van der Waals surface area contributed by atoms with Crippen molar-refractivity contribution < 1.29 is 14.3 Å². The first-order valence-electron chi connectivity index (χ1n) is 11.4. The zero-order valence-electron chi connectivity index (χ0n) is 18.4. The zero-order valence-corrected chi connectivity index (χ0v) is 18.4. The van der Waals surface area contributed by atoms with E-state index in [2.05, 4.69) is 34.5 Å². The van der Waals surface area contributed by atoms with Gasteiger partial charge in [-0.3, -0.25) is 4.90 Å². The second-order valence-electron chi connectivity index (χ2n) is 8.42. The molecule has 0 unspecified atom stereocenters. The molecule has 4 rings (SSSR count). The summed E-state index contributed by atoms with van der Waals surface area (Å²) < 4.78 is 11.6. The number of hydrogen-bond acceptors (Lipinski definition) is 4. The van der Waals surface area contributed by atoms with E-state index >= 15 is 0 Å². The zero-order chi connectivity index (χ0) is 21.5. The van der Waals surface area contributed by atoms with E-state index in [4.69, 9.17) is 9.47 Å². The van der Waals surface area contributed by atoms with E-state index in [-0.39, 0.29) is 12.1 Å². The molecular weight excluding hydrogens is 390 g/mol. The van der Waals surface area contributed by atoms with Gasteiger partial charge < -0.3 is 19.7 Å². The summed E-state index contributed by atoms with van der Waals surface area (Å²) in [5, 5.41) is 3.05. The molecule has 1 aliphatic carbocycles. The van der Waals surface area contributed by atoms with E-state index < -0.39 is 0 Å². The average molecular weight is 424 g/mol. The van der Waals surface area contributed by atoms with Crippen LogP contribution in [0.5, 0.6) is 11.5 Å². The highest BCUT2D eigenvalue weighted by Gasteiger charge is 2.21. The molecule has 31 heavy (non-hydrogen) atoms. The number of carbonyl (C=O) groups excluding carboxylic acids is 1. The smallest absolute Gasteiger partial charge is 0.321 e. The van der Waals surface area contributed by atoms with Gasteiger partial charge in [-0.2, -0.15) is 0 Å². The summed E-state index contributed by atoms with van der Waals surface area (Å²) >= 11 is 0. The Labute approximate surface area is 185 Å². The van der Waals surface area contributed by atoms with Crippen molar-refractivity contribution in [1.82, 2.24) is 9.80 Å². The topological polar surface area (TPSA) is 54.0 Å². The van der Waals surface area contributed by atoms with Gasteiger partial charge in [0.05, 0.1) is 13.2 Å². The van der Waals surface area contributed by atoms with Crippen LogP contribution in [0.1, 0.15) is 37.7 Å². The van der Waals surface area contributed by atoms with Gasteiger partial charge in [-0.15, -0.1) is 0 Å². The predicted octanol–water partition coefficient (Wildman–Crippen LogP) is 4.76. The quantitative estimate of drug-likeness (QED) is 0.728. The van der Waals surface area contributed by atoms with Crippen LogP contribution in [-0.4, -0.2) is 55.2 Å². The number of anilines is 1. The summed E-state index contributed by atoms with van der Waals surface area (Å²) in [5.41, 5.74) is 2.05. The van der Waals surface area contributed by atoms with Gasteiger partial charge in [0.2, 0.25) is 0 Å². The number of hydrogen-bond donors (Lipinski definition) is 1. The second-order valence-corrected chi connectivity index (χ2v) is 8.42. The van der Waals surface area contributed by atoms with Gasteiger partial charge >= 0.3 is 6.03 Å². The van der Waals surface area contributed by atoms with Crippen molar-refractivity contribution in [3.8, 4) is 11.5 Å². The summed E-state index contributed by atoms with van der Waals surface area (Å²) in [6, 6.07) is 16.1. The number of benzene rings is 2. The lowest BCUT2D eigenvalue weighted by molar-refractivity contribution is 0.201. The molecule has 166 valence electrons. The number of nitrogens with one attached hydrogen (secondary N) is 1. The van der Waals surface area contributed by atoms with Gasteiger partial charge in [0.1, 0.15) is 0 Å². The fourth-order valence-corrected chi connectivity index (χ4v) is 4.41. The molecule has 0 atom stereocenters. The molecule has 6 nitrogen and oxygen atoms in total. The molecule has 2 amide bonds. The molecule has 2 aromatic carbocycles. The molecule has 0 bridgehead atoms. The summed E-state index contributed by atoms with van der Waals surface area (Å²) in [5.74, 6) is 1.41. The first-order chi connectivity index (χ1) is 15.2. The summed E-state index contributed by atoms with van der Waals surface area (Å²) in [4.78, 5) is 17.2. The molecule has 1 saturated heterocycles. The van der Waals surface area contributed by atoms with Crippen LogP contribution in [0, 0.1) is 0 Å². The minimum atomic E-state index is -0.0569. The number of methoxy groups -OCH3 is 1. The Morgan fingerprint density at radius 1 is 0.968 bits per heavy atom. The van der Waals surface area contributed by atoms with Crippen molar-refractivity contribution in [1.29, 1.82) is 0 Å². The largest absolute Gasteiger partial charge is 0.493 e. The van der Waals surface area contributed by atoms with Gasteiger partial charge in [0.15, 0.2) is 11.5 Å². The van der Waals surface area contributed by atoms with Crippen molar-refractivity contribution in [3.05, 3.63) is 54.1 Å². The Balaban J connectivity index is 1.34. The van der Waals surface area contributed by atoms with Crippen LogP contribution in [0.3, 0.4) is 0 Å². The SMILES string of the molecule is COc1ccc(NC(=O)N2CCCN(Cc3ccccc3)CC2)cc1OC1CCCC1. The van der Waals surface area contributed by atoms with E-state index in [1.54, 1.807) is 7.11 Å². The van der Waals surface area contributed by atoms with Gasteiger partial charge in [0.25, 0.3) is 0 Å². The molecule has 0 radical (unpaired) electrons. The average Bonchev–Trinajstić information content (AvgIpc) is 3.18. The maximum atomic E-state index is 12.9. The Morgan fingerprint density at radius 2 is 1.77 bits per heavy atom. The molecule has 0 spiro atoms. The lowest BCUT2D eigenvalue weighted by Crippen LogP contribution is -2.38. The normalized spacial score (nSPS) is 17.9. The Bertz CT molecular complexity index is 852. The third-order valence-electron chi connectivity index (χ3n) is 6.14. The molecule has 1 N–H and O–H groups in total. The minimum Gasteiger partial charge on any atom is -0.493 e. The van der Waals surface area contributed by atoms with E-state index in [0.717, 1.165) is 57.7 Å². The standard InChI is InChI=1S/C25H33N3O3/c1-30-23-13-12-21(18-24(23)31-22-10-5-6-11-22)26-25(29)28-15-7-14-27(16-17-28)19-20-8-3-2-4-9-20/h2-4,8-9,12-13,18,22H,5-7,10-11,14-17,19H2,1H3,(H,26,29). The highest BCUT2D eigenvalue weighted by molar-refractivity contribution is 5.89. The third-order valence-corrected chi connectivity index (χ3v) is 6.14. The molecular formula is C25H33N3O3. The first kappa shape index (κ1) is 21.5. The molecule has 2 fully saturated rings. The summed E-state index contributed by atoms with van der Waals surface area (Å²) in [7, 11) is 1.65. The number of amides is 2. The van der Waals surface area contributed by atoms with Gasteiger partial charge in [-0.05, 0) is 49.8 Å². The molecule has 2 aliphatic rings. The predicted molar refractivity (Wildman–Crippen MR) is 123 cm³/mol. The second kappa shape index (κ2) is 10.5. The van der Waals surface area contributed by atoms with Gasteiger partial charge in [0, 0.05) is 44.5 Å². The molecule has 6 heteroatoms. The van der Waals surface area contributed by atoms with Crippen LogP contribution < -0.4 is 14.8 Å². The third kappa shape index (κ3) is 5.91. The molecule has 1 heterocycles. The van der Waals surface area contributed by atoms with Crippen molar-refractivity contribution in [3.63, 3.8) is 0 Å². The first-order valence-corrected chi connectivity index (χ1v) is 11.4. The summed E-state index contributed by atoms with van der Waals surface area (Å²) in [6.45, 7) is 4.29. The van der Waals surface area contributed by atoms with Crippen LogP contribution in [0.25, 0.3) is 0 Å². The lowest BCUT2D eigenvalue weighted by Gasteiger charge is -2.23. The number of ether oxygens (including phenoxy) is 2. The molecule has 1 saturated carbocycles. The number of carbonyl (C=O) groups is 1. The van der Waals surface area contributed by atoms with Crippen LogP contribution in [0.15, 0.2) is 48.5 Å². The Morgan fingerprint density at radius 3 is 2.55 bits per heavy atom. The van der Waals surface area contributed by atoms with Gasteiger partial charge in [-0.1, -0.05) is 30.3 Å². The highest BCUT2D eigenvalue weighted by Crippen LogP contribution is 2.34. The lowest BCUT2D eigenvalue weighted by atomic mass is 10.2. The monoisotopic (exact) mass is 423 g/mol. The highest BCUT2D eigenvalue weighted by atomic mass is 16.5. The van der Waals surface area contributed by atoms with E-state index in [9.17, 15) is 4.79 Å². The molecule has 1 aliphatic heterocycles. The van der Waals surface area contributed by atoms with Crippen LogP contribution in [-0.2, 0) is 6.54 Å². The maximum absolute atomic E-state index is 12.9. The van der Waals surface area contributed by atoms with Crippen molar-refractivity contribution in [2.24, 2.45) is 0 Å². The maximum Gasteiger partial charge on any atom is 0.321 e. The minimum absolute atomic E-state index is 0.0569. The summed E-state index contributed by atoms with van der Waals surface area (Å²) in [6.07, 6.45) is 5.78. The van der Waals surface area contributed by atoms with E-state index in [1.807, 2.05) is 29.2 Å². The Hall–Kier alpha value is -2.73. The molecule has 2 aromatic rings. The number of rotatable bonds is 6. The van der Waals surface area contributed by atoms with E-state index in [0.29, 0.717) is 11.5 Å². The van der Waals surface area contributed by atoms with Crippen LogP contribution >= 0.6 is 0 Å². The fraction of sp³-hybridized carbons (Fsp3) is 0.480.